The molecule has 148 valence electrons. The molecule has 0 aliphatic carbocycles. The molecule has 0 unspecified atom stereocenters. The first kappa shape index (κ1) is 18.7. The van der Waals surface area contributed by atoms with Crippen LogP contribution in [0.3, 0.4) is 0 Å². The summed E-state index contributed by atoms with van der Waals surface area (Å²) in [5, 5.41) is 9.89. The zero-order valence-corrected chi connectivity index (χ0v) is 16.2. The molecule has 2 aromatic rings. The third kappa shape index (κ3) is 3.20. The van der Waals surface area contributed by atoms with Gasteiger partial charge in [-0.2, -0.15) is 0 Å². The van der Waals surface area contributed by atoms with E-state index in [0.717, 1.165) is 18.5 Å². The molecule has 7 nitrogen and oxygen atoms in total. The first-order valence-corrected chi connectivity index (χ1v) is 9.60. The summed E-state index contributed by atoms with van der Waals surface area (Å²) >= 11 is 0. The molecule has 0 saturated carbocycles. The molecule has 1 N–H and O–H groups in total. The third-order valence-electron chi connectivity index (χ3n) is 6.12. The van der Waals surface area contributed by atoms with E-state index in [1.165, 1.54) is 0 Å². The molecule has 2 atom stereocenters. The number of hydrogen-bond donors (Lipinski definition) is 1. The average molecular weight is 383 g/mol. The van der Waals surface area contributed by atoms with E-state index in [9.17, 15) is 14.7 Å². The molecule has 0 bridgehead atoms. The van der Waals surface area contributed by atoms with E-state index in [-0.39, 0.29) is 24.8 Å². The van der Waals surface area contributed by atoms with Crippen molar-refractivity contribution in [1.29, 1.82) is 0 Å². The fraction of sp³-hybridized carbons (Fsp3) is 0.476. The largest absolute Gasteiger partial charge is 0.481 e. The van der Waals surface area contributed by atoms with Gasteiger partial charge in [-0.1, -0.05) is 18.2 Å². The van der Waals surface area contributed by atoms with Gasteiger partial charge in [0, 0.05) is 25.2 Å². The highest BCUT2D eigenvalue weighted by Crippen LogP contribution is 2.42. The normalized spacial score (nSPS) is 24.9. The first-order valence-electron chi connectivity index (χ1n) is 9.60. The van der Waals surface area contributed by atoms with Crippen LogP contribution in [0.1, 0.15) is 17.9 Å². The summed E-state index contributed by atoms with van der Waals surface area (Å²) in [7, 11) is 1.94. The van der Waals surface area contributed by atoms with E-state index in [1.807, 2.05) is 42.3 Å². The number of fused-ring (bicyclic) bond motifs is 1. The molecular formula is C21H25N3O4. The summed E-state index contributed by atoms with van der Waals surface area (Å²) in [6.45, 7) is 3.92. The Labute approximate surface area is 164 Å². The van der Waals surface area contributed by atoms with E-state index in [1.54, 1.807) is 11.8 Å². The first-order chi connectivity index (χ1) is 13.4. The molecule has 2 saturated heterocycles. The lowest BCUT2D eigenvalue weighted by molar-refractivity contribution is -0.154. The Balaban J connectivity index is 1.51. The molecule has 4 rings (SSSR count). The summed E-state index contributed by atoms with van der Waals surface area (Å²) in [6, 6.07) is 9.57. The third-order valence-corrected chi connectivity index (χ3v) is 6.12. The van der Waals surface area contributed by atoms with Crippen LogP contribution < -0.4 is 0 Å². The number of hydrogen-bond acceptors (Lipinski definition) is 5. The molecule has 2 aliphatic rings. The van der Waals surface area contributed by atoms with Gasteiger partial charge in [0.05, 0.1) is 12.1 Å². The summed E-state index contributed by atoms with van der Waals surface area (Å²) < 4.78 is 5.75. The van der Waals surface area contributed by atoms with E-state index < -0.39 is 11.4 Å². The Morgan fingerprint density at radius 3 is 2.75 bits per heavy atom. The zero-order chi connectivity index (χ0) is 19.9. The van der Waals surface area contributed by atoms with Crippen LogP contribution in [0.2, 0.25) is 0 Å². The molecule has 1 amide bonds. The highest BCUT2D eigenvalue weighted by molar-refractivity contribution is 5.82. The van der Waals surface area contributed by atoms with Crippen LogP contribution in [0.25, 0.3) is 11.5 Å². The monoisotopic (exact) mass is 383 g/mol. The quantitative estimate of drug-likeness (QED) is 0.870. The predicted molar refractivity (Wildman–Crippen MR) is 103 cm³/mol. The van der Waals surface area contributed by atoms with Crippen molar-refractivity contribution in [3.8, 4) is 11.5 Å². The van der Waals surface area contributed by atoms with Crippen LogP contribution in [-0.2, 0) is 16.0 Å². The fourth-order valence-electron chi connectivity index (χ4n) is 4.51. The van der Waals surface area contributed by atoms with Crippen LogP contribution in [-0.4, -0.2) is 65.0 Å². The minimum atomic E-state index is -0.864. The molecule has 2 aliphatic heterocycles. The van der Waals surface area contributed by atoms with Crippen molar-refractivity contribution >= 4 is 11.9 Å². The molecule has 1 aromatic heterocycles. The number of rotatable bonds is 4. The number of nitrogens with zero attached hydrogens (tertiary/aromatic N) is 3. The van der Waals surface area contributed by atoms with Gasteiger partial charge in [0.25, 0.3) is 0 Å². The number of carboxylic acid groups (broad SMARTS) is 1. The molecule has 0 radical (unpaired) electrons. The second-order valence-electron chi connectivity index (χ2n) is 8.02. The smallest absolute Gasteiger partial charge is 0.313 e. The highest BCUT2D eigenvalue weighted by atomic mass is 16.4. The molecule has 1 aromatic carbocycles. The van der Waals surface area contributed by atoms with Gasteiger partial charge in [0.2, 0.25) is 11.8 Å². The SMILES string of the molecule is Cc1oc(-c2ccccc2)nc1CC(=O)N1C[C@@H]2CCN(C)C[C@]2(C(=O)O)C1. The Hall–Kier alpha value is -2.67. The lowest BCUT2D eigenvalue weighted by atomic mass is 9.73. The Morgan fingerprint density at radius 2 is 2.04 bits per heavy atom. The topological polar surface area (TPSA) is 86.9 Å². The average Bonchev–Trinajstić information content (AvgIpc) is 3.24. The number of likely N-dealkylation sites (tertiary alicyclic amines) is 2. The summed E-state index contributed by atoms with van der Waals surface area (Å²) in [5.41, 5.74) is 0.612. The molecule has 3 heterocycles. The maximum absolute atomic E-state index is 12.9. The van der Waals surface area contributed by atoms with Crippen LogP contribution in [0.15, 0.2) is 34.7 Å². The Kier molecular flexibility index (Phi) is 4.71. The van der Waals surface area contributed by atoms with Crippen LogP contribution >= 0.6 is 0 Å². The second-order valence-corrected chi connectivity index (χ2v) is 8.02. The van der Waals surface area contributed by atoms with Crippen molar-refractivity contribution < 1.29 is 19.1 Å². The van der Waals surface area contributed by atoms with Crippen LogP contribution in [0.4, 0.5) is 0 Å². The van der Waals surface area contributed by atoms with Gasteiger partial charge in [-0.25, -0.2) is 4.98 Å². The Bertz CT molecular complexity index is 894. The molecular weight excluding hydrogens is 358 g/mol. The van der Waals surface area contributed by atoms with Gasteiger partial charge < -0.3 is 19.3 Å². The number of amides is 1. The van der Waals surface area contributed by atoms with Crippen molar-refractivity contribution in [3.63, 3.8) is 0 Å². The number of oxazole rings is 1. The van der Waals surface area contributed by atoms with Gasteiger partial charge >= 0.3 is 5.97 Å². The predicted octanol–water partition coefficient (Wildman–Crippen LogP) is 2.06. The number of aromatic nitrogens is 1. The van der Waals surface area contributed by atoms with E-state index >= 15 is 0 Å². The second kappa shape index (κ2) is 7.05. The summed E-state index contributed by atoms with van der Waals surface area (Å²) in [4.78, 5) is 33.3. The van der Waals surface area contributed by atoms with Crippen LogP contribution in [0, 0.1) is 18.3 Å². The fourth-order valence-corrected chi connectivity index (χ4v) is 4.51. The molecule has 28 heavy (non-hydrogen) atoms. The number of carboxylic acids is 1. The van der Waals surface area contributed by atoms with E-state index in [4.69, 9.17) is 4.42 Å². The molecule has 0 spiro atoms. The van der Waals surface area contributed by atoms with E-state index in [0.29, 0.717) is 30.4 Å². The molecule has 7 heteroatoms. The maximum atomic E-state index is 12.9. The lowest BCUT2D eigenvalue weighted by Crippen LogP contribution is -2.52. The van der Waals surface area contributed by atoms with Crippen molar-refractivity contribution in [2.75, 3.05) is 33.2 Å². The van der Waals surface area contributed by atoms with Crippen molar-refractivity contribution in [2.45, 2.75) is 19.8 Å². The highest BCUT2D eigenvalue weighted by Gasteiger charge is 2.55. The van der Waals surface area contributed by atoms with E-state index in [2.05, 4.69) is 4.98 Å². The number of aryl methyl sites for hydroxylation is 1. The standard InChI is InChI=1S/C21H25N3O4/c1-14-17(22-19(28-14)15-6-4-3-5-7-15)10-18(25)24-11-16-8-9-23(2)12-21(16,13-24)20(26)27/h3-7,16H,8-13H2,1-2H3,(H,26,27)/t16-,21-/m0/s1. The van der Waals surface area contributed by atoms with Gasteiger partial charge in [0.15, 0.2) is 0 Å². The van der Waals surface area contributed by atoms with Crippen molar-refractivity contribution in [1.82, 2.24) is 14.8 Å². The minimum absolute atomic E-state index is 0.00318. The number of benzene rings is 1. The minimum Gasteiger partial charge on any atom is -0.481 e. The van der Waals surface area contributed by atoms with Crippen molar-refractivity contribution in [3.05, 3.63) is 41.8 Å². The number of carbonyl (C=O) groups excluding carboxylic acids is 1. The van der Waals surface area contributed by atoms with Gasteiger partial charge in [-0.05, 0) is 45.0 Å². The van der Waals surface area contributed by atoms with Gasteiger partial charge in [-0.15, -0.1) is 0 Å². The lowest BCUT2D eigenvalue weighted by Gasteiger charge is -2.39. The summed E-state index contributed by atoms with van der Waals surface area (Å²) in [6.07, 6.45) is 0.925. The number of carbonyl (C=O) groups is 2. The van der Waals surface area contributed by atoms with Crippen LogP contribution in [0.5, 0.6) is 0 Å². The number of aliphatic carboxylic acids is 1. The van der Waals surface area contributed by atoms with Gasteiger partial charge in [0.1, 0.15) is 11.2 Å². The Morgan fingerprint density at radius 1 is 1.29 bits per heavy atom. The van der Waals surface area contributed by atoms with Gasteiger partial charge in [-0.3, -0.25) is 9.59 Å². The summed E-state index contributed by atoms with van der Waals surface area (Å²) in [5.74, 6) is 0.233. The van der Waals surface area contributed by atoms with Crippen molar-refractivity contribution in [2.24, 2.45) is 11.3 Å². The zero-order valence-electron chi connectivity index (χ0n) is 16.2. The number of piperidine rings is 1. The maximum Gasteiger partial charge on any atom is 0.313 e. The molecule has 2 fully saturated rings.